The van der Waals surface area contributed by atoms with Gasteiger partial charge in [-0.05, 0) is 62.9 Å². The van der Waals surface area contributed by atoms with Crippen molar-refractivity contribution >= 4 is 5.91 Å². The fourth-order valence-corrected chi connectivity index (χ4v) is 4.19. The molecule has 3 nitrogen and oxygen atoms in total. The van der Waals surface area contributed by atoms with E-state index in [-0.39, 0.29) is 0 Å². The summed E-state index contributed by atoms with van der Waals surface area (Å²) in [7, 11) is 0. The van der Waals surface area contributed by atoms with Crippen LogP contribution >= 0.6 is 0 Å². The quantitative estimate of drug-likeness (QED) is 0.714. The summed E-state index contributed by atoms with van der Waals surface area (Å²) in [5.41, 5.74) is 0. The average molecular weight is 309 g/mol. The number of hydrogen-bond acceptors (Lipinski definition) is 2. The first-order valence-corrected chi connectivity index (χ1v) is 9.60. The largest absolute Gasteiger partial charge is 0.343 e. The van der Waals surface area contributed by atoms with Gasteiger partial charge in [-0.25, -0.2) is 0 Å². The van der Waals surface area contributed by atoms with Gasteiger partial charge in [0.25, 0.3) is 0 Å². The highest BCUT2D eigenvalue weighted by Gasteiger charge is 2.25. The summed E-state index contributed by atoms with van der Waals surface area (Å²) in [5, 5.41) is 0. The minimum absolute atomic E-state index is 0.395. The first-order chi connectivity index (χ1) is 10.6. The molecular weight excluding hydrogens is 272 g/mol. The fourth-order valence-electron chi connectivity index (χ4n) is 4.19. The highest BCUT2D eigenvalue weighted by atomic mass is 16.2. The van der Waals surface area contributed by atoms with Crippen LogP contribution in [-0.4, -0.2) is 48.4 Å². The highest BCUT2D eigenvalue weighted by molar-refractivity contribution is 5.76. The normalized spacial score (nSPS) is 24.4. The van der Waals surface area contributed by atoms with Crippen molar-refractivity contribution < 1.29 is 4.79 Å². The molecule has 0 spiro atoms. The lowest BCUT2D eigenvalue weighted by molar-refractivity contribution is -0.132. The molecule has 2 aliphatic heterocycles. The van der Waals surface area contributed by atoms with Crippen LogP contribution in [0.2, 0.25) is 0 Å². The Morgan fingerprint density at radius 3 is 2.50 bits per heavy atom. The van der Waals surface area contributed by atoms with Crippen molar-refractivity contribution in [1.82, 2.24) is 9.80 Å². The van der Waals surface area contributed by atoms with Crippen molar-refractivity contribution in [2.45, 2.75) is 65.7 Å². The van der Waals surface area contributed by atoms with Gasteiger partial charge < -0.3 is 9.80 Å². The van der Waals surface area contributed by atoms with Crippen LogP contribution in [0.1, 0.15) is 65.7 Å². The molecule has 3 heteroatoms. The van der Waals surface area contributed by atoms with Gasteiger partial charge in [-0.1, -0.05) is 27.2 Å². The molecule has 2 aliphatic rings. The van der Waals surface area contributed by atoms with E-state index < -0.39 is 0 Å². The molecule has 1 unspecified atom stereocenters. The Kier molecular flexibility index (Phi) is 7.20. The standard InChI is InChI=1S/C19H36N2O/c1-4-6-17-8-12-20(15-17)11-5-7-19(22)21-13-9-18(10-14-21)16(2)3/h16-18H,4-15H2,1-3H3. The first kappa shape index (κ1) is 17.8. The molecule has 0 aromatic heterocycles. The zero-order chi connectivity index (χ0) is 15.9. The molecule has 0 aromatic carbocycles. The van der Waals surface area contributed by atoms with Gasteiger partial charge in [-0.2, -0.15) is 0 Å². The Balaban J connectivity index is 1.59. The molecule has 2 saturated heterocycles. The number of carbonyl (C=O) groups excluding carboxylic acids is 1. The van der Waals surface area contributed by atoms with Crippen LogP contribution in [0.5, 0.6) is 0 Å². The van der Waals surface area contributed by atoms with E-state index in [0.717, 1.165) is 50.2 Å². The zero-order valence-electron chi connectivity index (χ0n) is 15.0. The summed E-state index contributed by atoms with van der Waals surface area (Å²) in [5.74, 6) is 2.90. The number of piperidine rings is 1. The van der Waals surface area contributed by atoms with Gasteiger partial charge in [0.2, 0.25) is 5.91 Å². The van der Waals surface area contributed by atoms with Gasteiger partial charge in [0, 0.05) is 26.1 Å². The van der Waals surface area contributed by atoms with Gasteiger partial charge in [0.15, 0.2) is 0 Å². The summed E-state index contributed by atoms with van der Waals surface area (Å²) in [6, 6.07) is 0. The second kappa shape index (κ2) is 8.90. The Morgan fingerprint density at radius 2 is 1.86 bits per heavy atom. The molecule has 1 amide bonds. The maximum absolute atomic E-state index is 12.3. The molecule has 1 atom stereocenters. The minimum Gasteiger partial charge on any atom is -0.343 e. The van der Waals surface area contributed by atoms with Crippen molar-refractivity contribution in [2.75, 3.05) is 32.7 Å². The lowest BCUT2D eigenvalue weighted by Crippen LogP contribution is -2.39. The molecule has 2 fully saturated rings. The van der Waals surface area contributed by atoms with E-state index in [2.05, 4.69) is 30.6 Å². The van der Waals surface area contributed by atoms with E-state index in [1.165, 1.54) is 45.2 Å². The zero-order valence-corrected chi connectivity index (χ0v) is 15.0. The van der Waals surface area contributed by atoms with Crippen LogP contribution in [0.4, 0.5) is 0 Å². The third-order valence-electron chi connectivity index (χ3n) is 5.77. The number of amides is 1. The molecule has 2 heterocycles. The van der Waals surface area contributed by atoms with E-state index >= 15 is 0 Å². The summed E-state index contributed by atoms with van der Waals surface area (Å²) in [6.45, 7) is 12.5. The van der Waals surface area contributed by atoms with Crippen LogP contribution in [-0.2, 0) is 4.79 Å². The second-order valence-corrected chi connectivity index (χ2v) is 7.81. The van der Waals surface area contributed by atoms with Gasteiger partial charge >= 0.3 is 0 Å². The fraction of sp³-hybridized carbons (Fsp3) is 0.947. The molecule has 0 saturated carbocycles. The number of rotatable bonds is 7. The summed E-state index contributed by atoms with van der Waals surface area (Å²) >= 11 is 0. The Labute approximate surface area is 137 Å². The Hall–Kier alpha value is -0.570. The maximum Gasteiger partial charge on any atom is 0.222 e. The molecular formula is C19H36N2O. The number of carbonyl (C=O) groups is 1. The monoisotopic (exact) mass is 308 g/mol. The van der Waals surface area contributed by atoms with Crippen LogP contribution in [0.3, 0.4) is 0 Å². The van der Waals surface area contributed by atoms with E-state index in [1.807, 2.05) is 0 Å². The van der Waals surface area contributed by atoms with E-state index in [9.17, 15) is 4.79 Å². The summed E-state index contributed by atoms with van der Waals surface area (Å²) in [4.78, 5) is 17.0. The summed E-state index contributed by atoms with van der Waals surface area (Å²) < 4.78 is 0. The molecule has 0 radical (unpaired) electrons. The molecule has 0 bridgehead atoms. The van der Waals surface area contributed by atoms with Gasteiger partial charge in [0.1, 0.15) is 0 Å². The molecule has 0 N–H and O–H groups in total. The second-order valence-electron chi connectivity index (χ2n) is 7.81. The Bertz CT molecular complexity index is 334. The molecule has 0 aliphatic carbocycles. The number of likely N-dealkylation sites (tertiary alicyclic amines) is 2. The van der Waals surface area contributed by atoms with E-state index in [4.69, 9.17) is 0 Å². The Morgan fingerprint density at radius 1 is 1.14 bits per heavy atom. The molecule has 22 heavy (non-hydrogen) atoms. The lowest BCUT2D eigenvalue weighted by Gasteiger charge is -2.34. The van der Waals surface area contributed by atoms with Crippen LogP contribution in [0, 0.1) is 17.8 Å². The van der Waals surface area contributed by atoms with Crippen molar-refractivity contribution in [2.24, 2.45) is 17.8 Å². The maximum atomic E-state index is 12.3. The van der Waals surface area contributed by atoms with Gasteiger partial charge in [0.05, 0.1) is 0 Å². The van der Waals surface area contributed by atoms with Crippen molar-refractivity contribution in [1.29, 1.82) is 0 Å². The predicted molar refractivity (Wildman–Crippen MR) is 92.8 cm³/mol. The lowest BCUT2D eigenvalue weighted by atomic mass is 9.86. The molecule has 2 rings (SSSR count). The first-order valence-electron chi connectivity index (χ1n) is 9.60. The third-order valence-corrected chi connectivity index (χ3v) is 5.77. The van der Waals surface area contributed by atoms with E-state index in [1.54, 1.807) is 0 Å². The van der Waals surface area contributed by atoms with Crippen molar-refractivity contribution in [3.8, 4) is 0 Å². The number of hydrogen-bond donors (Lipinski definition) is 0. The van der Waals surface area contributed by atoms with Crippen LogP contribution in [0.25, 0.3) is 0 Å². The highest BCUT2D eigenvalue weighted by Crippen LogP contribution is 2.25. The average Bonchev–Trinajstić information content (AvgIpc) is 2.95. The molecule has 0 aromatic rings. The minimum atomic E-state index is 0.395. The van der Waals surface area contributed by atoms with Crippen molar-refractivity contribution in [3.63, 3.8) is 0 Å². The van der Waals surface area contributed by atoms with E-state index in [0.29, 0.717) is 5.91 Å². The van der Waals surface area contributed by atoms with Gasteiger partial charge in [-0.15, -0.1) is 0 Å². The SMILES string of the molecule is CCCC1CCN(CCCC(=O)N2CCC(C(C)C)CC2)C1. The summed E-state index contributed by atoms with van der Waals surface area (Å²) in [6.07, 6.45) is 8.25. The van der Waals surface area contributed by atoms with Gasteiger partial charge in [-0.3, -0.25) is 4.79 Å². The van der Waals surface area contributed by atoms with Crippen LogP contribution < -0.4 is 0 Å². The molecule has 128 valence electrons. The predicted octanol–water partition coefficient (Wildman–Crippen LogP) is 3.78. The van der Waals surface area contributed by atoms with Crippen molar-refractivity contribution in [3.05, 3.63) is 0 Å². The topological polar surface area (TPSA) is 23.6 Å². The van der Waals surface area contributed by atoms with Crippen LogP contribution in [0.15, 0.2) is 0 Å². The third kappa shape index (κ3) is 5.26. The smallest absolute Gasteiger partial charge is 0.222 e. The number of nitrogens with zero attached hydrogens (tertiary/aromatic N) is 2.